The van der Waals surface area contributed by atoms with Gasteiger partial charge >= 0.3 is 0 Å². The Morgan fingerprint density at radius 3 is 2.70 bits per heavy atom. The number of carbonyl (C=O) groups excluding carboxylic acids is 1. The fourth-order valence-corrected chi connectivity index (χ4v) is 4.01. The number of pyridine rings is 1. The average molecular weight is 488 g/mol. The van der Waals surface area contributed by atoms with Crippen LogP contribution in [0.1, 0.15) is 29.6 Å². The maximum atomic E-state index is 12.0. The summed E-state index contributed by atoms with van der Waals surface area (Å²) in [7, 11) is 3.91. The van der Waals surface area contributed by atoms with Gasteiger partial charge in [-0.05, 0) is 57.9 Å². The maximum Gasteiger partial charge on any atom is 0.280 e. The lowest BCUT2D eigenvalue weighted by Gasteiger charge is -2.09. The number of carbonyl (C=O) groups is 1. The van der Waals surface area contributed by atoms with E-state index in [2.05, 4.69) is 30.0 Å². The van der Waals surface area contributed by atoms with Crippen LogP contribution in [0.15, 0.2) is 43.1 Å². The number of rotatable bonds is 10. The summed E-state index contributed by atoms with van der Waals surface area (Å²) < 4.78 is 8.61. The van der Waals surface area contributed by atoms with Crippen molar-refractivity contribution in [3.63, 3.8) is 0 Å². The molecule has 1 amide bonds. The summed E-state index contributed by atoms with van der Waals surface area (Å²) >= 11 is 3.10. The first-order chi connectivity index (χ1) is 16.0. The van der Waals surface area contributed by atoms with Crippen molar-refractivity contribution in [3.05, 3.63) is 48.1 Å². The molecule has 0 radical (unpaired) electrons. The summed E-state index contributed by atoms with van der Waals surface area (Å²) in [5.41, 5.74) is 1.80. The molecule has 33 heavy (non-hydrogen) atoms. The highest BCUT2D eigenvalue weighted by molar-refractivity contribution is 8.01. The van der Waals surface area contributed by atoms with Gasteiger partial charge in [0.1, 0.15) is 5.69 Å². The molecule has 176 valence electrons. The van der Waals surface area contributed by atoms with E-state index in [4.69, 9.17) is 4.74 Å². The van der Waals surface area contributed by atoms with Crippen LogP contribution in [-0.2, 0) is 0 Å². The first kappa shape index (κ1) is 24.9. The van der Waals surface area contributed by atoms with E-state index >= 15 is 0 Å². The van der Waals surface area contributed by atoms with E-state index in [1.54, 1.807) is 31.0 Å². The van der Waals surface area contributed by atoms with E-state index in [0.717, 1.165) is 22.4 Å². The van der Waals surface area contributed by atoms with E-state index in [-0.39, 0.29) is 5.91 Å². The Kier molecular flexibility index (Phi) is 9.85. The standard InChI is InChI=1S/C14H19N5O2S.C8H10N2S/c1-4-21-12-9-15-7-10(18-12)11-8-17-14(22-11)13(20)16-5-6-19(2)3;1-2-8(1)11-10-7-3-5-9-6-4-7/h7-9H,4-6H2,1-3H3,(H,16,20);3-6,8H,1-2H2,(H,9,10). The summed E-state index contributed by atoms with van der Waals surface area (Å²) in [5, 5.41) is 4.10. The van der Waals surface area contributed by atoms with Gasteiger partial charge in [0.05, 0.1) is 23.9 Å². The predicted molar refractivity (Wildman–Crippen MR) is 134 cm³/mol. The molecular weight excluding hydrogens is 458 g/mol. The lowest BCUT2D eigenvalue weighted by molar-refractivity contribution is 0.0950. The molecule has 4 rings (SSSR count). The summed E-state index contributed by atoms with van der Waals surface area (Å²) in [5.74, 6) is 0.289. The third-order valence-electron chi connectivity index (χ3n) is 4.25. The SMILES string of the molecule is CCOc1cncc(-c2cnc(C(=O)NCCN(C)C)s2)n1.c1cc(NSC2CC2)ccn1. The second-order valence-corrected chi connectivity index (χ2v) is 9.56. The van der Waals surface area contributed by atoms with Gasteiger partial charge in [-0.1, -0.05) is 0 Å². The predicted octanol–water partition coefficient (Wildman–Crippen LogP) is 3.59. The van der Waals surface area contributed by atoms with Crippen LogP contribution < -0.4 is 14.8 Å². The molecule has 0 saturated heterocycles. The highest BCUT2D eigenvalue weighted by Gasteiger charge is 2.21. The summed E-state index contributed by atoms with van der Waals surface area (Å²) in [6.45, 7) is 3.78. The minimum absolute atomic E-state index is 0.174. The second kappa shape index (κ2) is 13.1. The molecule has 0 spiro atoms. The monoisotopic (exact) mass is 487 g/mol. The van der Waals surface area contributed by atoms with E-state index < -0.39 is 0 Å². The molecule has 0 aromatic carbocycles. The molecule has 0 unspecified atom stereocenters. The van der Waals surface area contributed by atoms with Gasteiger partial charge in [-0.15, -0.1) is 11.3 Å². The Bertz CT molecular complexity index is 997. The maximum absolute atomic E-state index is 12.0. The van der Waals surface area contributed by atoms with Crippen LogP contribution in [0.4, 0.5) is 5.69 Å². The van der Waals surface area contributed by atoms with Gasteiger partial charge in [-0.3, -0.25) is 14.8 Å². The number of aromatic nitrogens is 4. The fourth-order valence-electron chi connectivity index (χ4n) is 2.41. The van der Waals surface area contributed by atoms with E-state index in [1.165, 1.54) is 24.2 Å². The van der Waals surface area contributed by atoms with Crippen LogP contribution in [0, 0.1) is 0 Å². The topological polar surface area (TPSA) is 105 Å². The van der Waals surface area contributed by atoms with Crippen LogP contribution in [0.3, 0.4) is 0 Å². The summed E-state index contributed by atoms with van der Waals surface area (Å²) in [6.07, 6.45) is 11.1. The largest absolute Gasteiger partial charge is 0.477 e. The number of amides is 1. The molecule has 1 aliphatic carbocycles. The summed E-state index contributed by atoms with van der Waals surface area (Å²) in [4.78, 5) is 31.3. The number of anilines is 1. The number of nitrogens with zero attached hydrogens (tertiary/aromatic N) is 5. The van der Waals surface area contributed by atoms with E-state index in [0.29, 0.717) is 29.7 Å². The molecule has 0 bridgehead atoms. The summed E-state index contributed by atoms with van der Waals surface area (Å²) in [6, 6.07) is 3.96. The minimum atomic E-state index is -0.174. The lowest BCUT2D eigenvalue weighted by Crippen LogP contribution is -2.31. The highest BCUT2D eigenvalue weighted by atomic mass is 32.2. The highest BCUT2D eigenvalue weighted by Crippen LogP contribution is 2.34. The molecule has 1 aliphatic rings. The van der Waals surface area contributed by atoms with Gasteiger partial charge in [0.25, 0.3) is 5.91 Å². The third-order valence-corrected chi connectivity index (χ3v) is 6.43. The Hall–Kier alpha value is -2.76. The number of hydrogen-bond donors (Lipinski definition) is 2. The zero-order chi connectivity index (χ0) is 23.5. The van der Waals surface area contributed by atoms with Gasteiger partial charge < -0.3 is 19.7 Å². The zero-order valence-electron chi connectivity index (χ0n) is 19.0. The van der Waals surface area contributed by atoms with Gasteiger partial charge in [0, 0.05) is 42.6 Å². The van der Waals surface area contributed by atoms with E-state index in [1.807, 2.05) is 50.0 Å². The van der Waals surface area contributed by atoms with Crippen molar-refractivity contribution < 1.29 is 9.53 Å². The van der Waals surface area contributed by atoms with Crippen molar-refractivity contribution in [2.24, 2.45) is 0 Å². The minimum Gasteiger partial charge on any atom is -0.477 e. The van der Waals surface area contributed by atoms with E-state index in [9.17, 15) is 4.79 Å². The Balaban J connectivity index is 0.000000231. The van der Waals surface area contributed by atoms with Gasteiger partial charge in [0.15, 0.2) is 5.01 Å². The zero-order valence-corrected chi connectivity index (χ0v) is 20.7. The van der Waals surface area contributed by atoms with Gasteiger partial charge in [0.2, 0.25) is 5.88 Å². The number of hydrogen-bond acceptors (Lipinski definition) is 10. The Labute approximate surface area is 202 Å². The van der Waals surface area contributed by atoms with Crippen LogP contribution in [0.2, 0.25) is 0 Å². The molecule has 0 atom stereocenters. The first-order valence-corrected chi connectivity index (χ1v) is 12.4. The van der Waals surface area contributed by atoms with Crippen molar-refractivity contribution in [1.82, 2.24) is 30.2 Å². The third kappa shape index (κ3) is 8.95. The molecular formula is C22H29N7O2S2. The quantitative estimate of drug-likeness (QED) is 0.415. The number of likely N-dealkylation sites (N-methyl/N-ethyl adjacent to an activating group) is 1. The molecule has 3 aromatic rings. The van der Waals surface area contributed by atoms with Crippen molar-refractivity contribution in [1.29, 1.82) is 0 Å². The lowest BCUT2D eigenvalue weighted by atomic mass is 10.4. The number of ether oxygens (including phenoxy) is 1. The molecule has 11 heteroatoms. The second-order valence-electron chi connectivity index (χ2n) is 7.42. The fraction of sp³-hybridized carbons (Fsp3) is 0.409. The first-order valence-electron chi connectivity index (χ1n) is 10.7. The van der Waals surface area contributed by atoms with Crippen molar-refractivity contribution in [2.75, 3.05) is 38.5 Å². The Morgan fingerprint density at radius 2 is 2.00 bits per heavy atom. The average Bonchev–Trinajstić information content (AvgIpc) is 3.52. The molecule has 2 N–H and O–H groups in total. The van der Waals surface area contributed by atoms with Gasteiger partial charge in [-0.2, -0.15) is 0 Å². The van der Waals surface area contributed by atoms with Crippen LogP contribution in [0.25, 0.3) is 10.6 Å². The van der Waals surface area contributed by atoms with Gasteiger partial charge in [-0.25, -0.2) is 9.97 Å². The van der Waals surface area contributed by atoms with Crippen LogP contribution in [-0.4, -0.2) is 69.8 Å². The van der Waals surface area contributed by atoms with Crippen LogP contribution in [0.5, 0.6) is 5.88 Å². The molecule has 1 saturated carbocycles. The van der Waals surface area contributed by atoms with Crippen molar-refractivity contribution in [3.8, 4) is 16.5 Å². The smallest absolute Gasteiger partial charge is 0.280 e. The number of nitrogens with one attached hydrogen (secondary N) is 2. The Morgan fingerprint density at radius 1 is 1.21 bits per heavy atom. The molecule has 3 heterocycles. The molecule has 1 fully saturated rings. The van der Waals surface area contributed by atoms with Crippen molar-refractivity contribution >= 4 is 34.9 Å². The van der Waals surface area contributed by atoms with Crippen LogP contribution >= 0.6 is 23.3 Å². The molecule has 3 aromatic heterocycles. The molecule has 0 aliphatic heterocycles. The normalized spacial score (nSPS) is 12.6. The molecule has 9 nitrogen and oxygen atoms in total. The number of thiazole rings is 1. The van der Waals surface area contributed by atoms with Crippen molar-refractivity contribution in [2.45, 2.75) is 25.0 Å².